The van der Waals surface area contributed by atoms with Crippen molar-refractivity contribution in [2.24, 2.45) is 0 Å². The fraction of sp³-hybridized carbons (Fsp3) is 0.385. The molecule has 0 aliphatic carbocycles. The van der Waals surface area contributed by atoms with Crippen molar-refractivity contribution < 1.29 is 9.59 Å². The van der Waals surface area contributed by atoms with E-state index in [9.17, 15) is 9.59 Å². The van der Waals surface area contributed by atoms with Crippen LogP contribution in [0.3, 0.4) is 0 Å². The lowest BCUT2D eigenvalue weighted by atomic mass is 10.4. The Morgan fingerprint density at radius 1 is 1.21 bits per heavy atom. The Morgan fingerprint density at radius 2 is 1.89 bits per heavy atom. The van der Waals surface area contributed by atoms with E-state index in [2.05, 4.69) is 10.6 Å². The molecular weight excluding hydrogens is 284 g/mol. The van der Waals surface area contributed by atoms with Gasteiger partial charge >= 0.3 is 0 Å². The first-order valence-electron chi connectivity index (χ1n) is 5.98. The average Bonchev–Trinajstić information content (AvgIpc) is 2.37. The maximum Gasteiger partial charge on any atom is 0.220 e. The Hall–Kier alpha value is -1.20. The van der Waals surface area contributed by atoms with Crippen molar-refractivity contribution in [1.82, 2.24) is 10.6 Å². The van der Waals surface area contributed by atoms with Crippen LogP contribution < -0.4 is 10.6 Å². The van der Waals surface area contributed by atoms with Crippen molar-refractivity contribution in [2.75, 3.05) is 18.8 Å². The fourth-order valence-corrected chi connectivity index (χ4v) is 2.53. The molecule has 6 heteroatoms. The standard InChI is InChI=1S/C13H17ClN2O2S/c1-10(17)15-7-8-16-13(18)6-9-19-12-5-3-2-4-11(12)14/h2-5H,6-9H2,1H3,(H,15,17)(H,16,18). The number of halogens is 1. The van der Waals surface area contributed by atoms with Crippen molar-refractivity contribution in [3.8, 4) is 0 Å². The Morgan fingerprint density at radius 3 is 2.58 bits per heavy atom. The number of rotatable bonds is 7. The molecular formula is C13H17ClN2O2S. The van der Waals surface area contributed by atoms with E-state index >= 15 is 0 Å². The van der Waals surface area contributed by atoms with Crippen molar-refractivity contribution in [2.45, 2.75) is 18.2 Å². The van der Waals surface area contributed by atoms with Gasteiger partial charge in [-0.1, -0.05) is 23.7 Å². The zero-order valence-electron chi connectivity index (χ0n) is 10.7. The van der Waals surface area contributed by atoms with E-state index in [0.717, 1.165) is 4.90 Å². The number of nitrogens with one attached hydrogen (secondary N) is 2. The van der Waals surface area contributed by atoms with Crippen LogP contribution in [-0.2, 0) is 9.59 Å². The number of benzene rings is 1. The van der Waals surface area contributed by atoms with E-state index < -0.39 is 0 Å². The monoisotopic (exact) mass is 300 g/mol. The quantitative estimate of drug-likeness (QED) is 0.599. The lowest BCUT2D eigenvalue weighted by Crippen LogP contribution is -2.33. The first-order chi connectivity index (χ1) is 9.09. The van der Waals surface area contributed by atoms with E-state index in [1.165, 1.54) is 6.92 Å². The van der Waals surface area contributed by atoms with Gasteiger partial charge in [0.2, 0.25) is 11.8 Å². The summed E-state index contributed by atoms with van der Waals surface area (Å²) in [5.41, 5.74) is 0. The molecule has 1 aromatic carbocycles. The summed E-state index contributed by atoms with van der Waals surface area (Å²) in [5.74, 6) is 0.559. The number of amides is 2. The van der Waals surface area contributed by atoms with Gasteiger partial charge in [-0.05, 0) is 12.1 Å². The number of carbonyl (C=O) groups is 2. The van der Waals surface area contributed by atoms with Crippen LogP contribution in [0.4, 0.5) is 0 Å². The lowest BCUT2D eigenvalue weighted by Gasteiger charge is -2.06. The van der Waals surface area contributed by atoms with Gasteiger partial charge in [-0.25, -0.2) is 0 Å². The van der Waals surface area contributed by atoms with Crippen LogP contribution in [0.15, 0.2) is 29.2 Å². The fourth-order valence-electron chi connectivity index (χ4n) is 1.34. The lowest BCUT2D eigenvalue weighted by molar-refractivity contribution is -0.121. The van der Waals surface area contributed by atoms with Crippen molar-refractivity contribution in [1.29, 1.82) is 0 Å². The molecule has 4 nitrogen and oxygen atoms in total. The minimum absolute atomic E-state index is 0.0232. The molecule has 0 saturated carbocycles. The van der Waals surface area contributed by atoms with Crippen LogP contribution >= 0.6 is 23.4 Å². The molecule has 1 aromatic rings. The molecule has 0 atom stereocenters. The van der Waals surface area contributed by atoms with E-state index in [4.69, 9.17) is 11.6 Å². The molecule has 0 heterocycles. The highest BCUT2D eigenvalue weighted by Gasteiger charge is 2.03. The summed E-state index contributed by atoms with van der Waals surface area (Å²) >= 11 is 7.57. The van der Waals surface area contributed by atoms with E-state index in [-0.39, 0.29) is 11.8 Å². The van der Waals surface area contributed by atoms with Crippen molar-refractivity contribution in [3.05, 3.63) is 29.3 Å². The number of hydrogen-bond acceptors (Lipinski definition) is 3. The second-order valence-corrected chi connectivity index (χ2v) is 5.41. The molecule has 0 fully saturated rings. The van der Waals surface area contributed by atoms with Crippen molar-refractivity contribution in [3.63, 3.8) is 0 Å². The van der Waals surface area contributed by atoms with Crippen LogP contribution in [0.1, 0.15) is 13.3 Å². The topological polar surface area (TPSA) is 58.2 Å². The van der Waals surface area contributed by atoms with Crippen LogP contribution in [0, 0.1) is 0 Å². The minimum atomic E-state index is -0.0940. The Labute approximate surface area is 122 Å². The van der Waals surface area contributed by atoms with E-state index in [1.807, 2.05) is 24.3 Å². The summed E-state index contributed by atoms with van der Waals surface area (Å²) < 4.78 is 0. The molecule has 0 unspecified atom stereocenters. The van der Waals surface area contributed by atoms with Crippen LogP contribution in [0.5, 0.6) is 0 Å². The average molecular weight is 301 g/mol. The third kappa shape index (κ3) is 7.08. The molecule has 104 valence electrons. The Balaban J connectivity index is 2.14. The Bertz CT molecular complexity index is 440. The molecule has 0 aliphatic rings. The number of hydrogen-bond donors (Lipinski definition) is 2. The van der Waals surface area contributed by atoms with Gasteiger partial charge in [-0.3, -0.25) is 9.59 Å². The molecule has 0 aliphatic heterocycles. The summed E-state index contributed by atoms with van der Waals surface area (Å²) in [6.45, 7) is 2.36. The van der Waals surface area contributed by atoms with Gasteiger partial charge in [0.1, 0.15) is 0 Å². The molecule has 1 rings (SSSR count). The predicted molar refractivity (Wildman–Crippen MR) is 78.5 cm³/mol. The summed E-state index contributed by atoms with van der Waals surface area (Å²) in [6.07, 6.45) is 0.427. The third-order valence-corrected chi connectivity index (χ3v) is 3.76. The van der Waals surface area contributed by atoms with Gasteiger partial charge in [-0.2, -0.15) is 0 Å². The maximum absolute atomic E-state index is 11.5. The van der Waals surface area contributed by atoms with Gasteiger partial charge in [0.25, 0.3) is 0 Å². The second kappa shape index (κ2) is 8.82. The molecule has 0 bridgehead atoms. The van der Waals surface area contributed by atoms with Crippen LogP contribution in [0.25, 0.3) is 0 Å². The number of thioether (sulfide) groups is 1. The molecule has 0 saturated heterocycles. The van der Waals surface area contributed by atoms with Gasteiger partial charge in [0, 0.05) is 37.1 Å². The molecule has 0 spiro atoms. The van der Waals surface area contributed by atoms with Crippen LogP contribution in [-0.4, -0.2) is 30.7 Å². The molecule has 2 amide bonds. The van der Waals surface area contributed by atoms with E-state index in [1.54, 1.807) is 11.8 Å². The van der Waals surface area contributed by atoms with E-state index in [0.29, 0.717) is 30.3 Å². The first-order valence-corrected chi connectivity index (χ1v) is 7.34. The third-order valence-electron chi connectivity index (χ3n) is 2.24. The zero-order chi connectivity index (χ0) is 14.1. The van der Waals surface area contributed by atoms with Gasteiger partial charge in [0.05, 0.1) is 5.02 Å². The summed E-state index contributed by atoms with van der Waals surface area (Å²) in [6, 6.07) is 7.56. The maximum atomic E-state index is 11.5. The van der Waals surface area contributed by atoms with Crippen LogP contribution in [0.2, 0.25) is 5.02 Å². The highest BCUT2D eigenvalue weighted by molar-refractivity contribution is 7.99. The molecule has 19 heavy (non-hydrogen) atoms. The smallest absolute Gasteiger partial charge is 0.220 e. The molecule has 0 radical (unpaired) electrons. The minimum Gasteiger partial charge on any atom is -0.355 e. The van der Waals surface area contributed by atoms with Gasteiger partial charge in [0.15, 0.2) is 0 Å². The summed E-state index contributed by atoms with van der Waals surface area (Å²) in [7, 11) is 0. The predicted octanol–water partition coefficient (Wildman–Crippen LogP) is 2.07. The molecule has 2 N–H and O–H groups in total. The van der Waals surface area contributed by atoms with Crippen molar-refractivity contribution >= 4 is 35.2 Å². The second-order valence-electron chi connectivity index (χ2n) is 3.86. The highest BCUT2D eigenvalue weighted by atomic mass is 35.5. The summed E-state index contributed by atoms with van der Waals surface area (Å²) in [5, 5.41) is 6.06. The summed E-state index contributed by atoms with van der Waals surface area (Å²) in [4.78, 5) is 23.1. The highest BCUT2D eigenvalue weighted by Crippen LogP contribution is 2.26. The normalized spacial score (nSPS) is 10.0. The Kier molecular flexibility index (Phi) is 7.36. The van der Waals surface area contributed by atoms with Gasteiger partial charge < -0.3 is 10.6 Å². The number of carbonyl (C=O) groups excluding carboxylic acids is 2. The first kappa shape index (κ1) is 15.9. The largest absolute Gasteiger partial charge is 0.355 e. The van der Waals surface area contributed by atoms with Gasteiger partial charge in [-0.15, -0.1) is 11.8 Å². The SMILES string of the molecule is CC(=O)NCCNC(=O)CCSc1ccccc1Cl. The molecule has 0 aromatic heterocycles. The zero-order valence-corrected chi connectivity index (χ0v) is 12.3.